The van der Waals surface area contributed by atoms with Crippen molar-refractivity contribution in [3.63, 3.8) is 0 Å². The highest BCUT2D eigenvalue weighted by molar-refractivity contribution is 7.98. The van der Waals surface area contributed by atoms with Gasteiger partial charge in [0.2, 0.25) is 11.7 Å². The van der Waals surface area contributed by atoms with E-state index in [4.69, 9.17) is 9.26 Å². The zero-order valence-corrected chi connectivity index (χ0v) is 12.3. The second-order valence-electron chi connectivity index (χ2n) is 4.72. The summed E-state index contributed by atoms with van der Waals surface area (Å²) < 4.78 is 10.9. The third kappa shape index (κ3) is 2.59. The highest BCUT2D eigenvalue weighted by atomic mass is 32.2. The summed E-state index contributed by atoms with van der Waals surface area (Å²) >= 11 is 1.71. The second-order valence-corrected chi connectivity index (χ2v) is 5.60. The molecule has 1 aromatic heterocycles. The fraction of sp³-hybridized carbons (Fsp3) is 0.429. The number of ether oxygens (including phenoxy) is 1. The first-order valence-electron chi connectivity index (χ1n) is 6.55. The van der Waals surface area contributed by atoms with Crippen LogP contribution in [0.15, 0.2) is 33.7 Å². The predicted octanol–water partition coefficient (Wildman–Crippen LogP) is 2.16. The van der Waals surface area contributed by atoms with Crippen molar-refractivity contribution in [2.45, 2.75) is 16.9 Å². The smallest absolute Gasteiger partial charge is 0.234 e. The van der Waals surface area contributed by atoms with E-state index in [0.29, 0.717) is 24.9 Å². The molecule has 0 radical (unpaired) electrons. The molecule has 1 aliphatic rings. The summed E-state index contributed by atoms with van der Waals surface area (Å²) in [5.41, 5.74) is 0.970. The Labute approximate surface area is 122 Å². The molecule has 2 heterocycles. The standard InChI is InChI=1S/C14H17N3O2S/c1-15-12-8-18-7-11(12)14-16-13(17-19-14)9-3-5-10(20-2)6-4-9/h3-6,11-12,15H,7-8H2,1-2H3. The molecule has 2 aromatic rings. The van der Waals surface area contributed by atoms with Gasteiger partial charge in [0.15, 0.2) is 0 Å². The van der Waals surface area contributed by atoms with Gasteiger partial charge in [-0.15, -0.1) is 11.8 Å². The highest BCUT2D eigenvalue weighted by Crippen LogP contribution is 2.27. The van der Waals surface area contributed by atoms with E-state index in [-0.39, 0.29) is 12.0 Å². The monoisotopic (exact) mass is 291 g/mol. The zero-order chi connectivity index (χ0) is 13.9. The van der Waals surface area contributed by atoms with Gasteiger partial charge in [0.25, 0.3) is 0 Å². The lowest BCUT2D eigenvalue weighted by molar-refractivity contribution is 0.185. The second kappa shape index (κ2) is 5.95. The van der Waals surface area contributed by atoms with Crippen LogP contribution in [0.25, 0.3) is 11.4 Å². The first-order valence-corrected chi connectivity index (χ1v) is 7.77. The Morgan fingerprint density at radius 3 is 2.75 bits per heavy atom. The van der Waals surface area contributed by atoms with E-state index in [1.54, 1.807) is 11.8 Å². The number of rotatable bonds is 4. The number of hydrogen-bond acceptors (Lipinski definition) is 6. The van der Waals surface area contributed by atoms with Crippen molar-refractivity contribution in [1.82, 2.24) is 15.5 Å². The van der Waals surface area contributed by atoms with Gasteiger partial charge in [-0.1, -0.05) is 5.16 Å². The van der Waals surface area contributed by atoms with Gasteiger partial charge < -0.3 is 14.6 Å². The highest BCUT2D eigenvalue weighted by Gasteiger charge is 2.33. The molecule has 2 unspecified atom stereocenters. The van der Waals surface area contributed by atoms with Crippen LogP contribution in [0.2, 0.25) is 0 Å². The normalized spacial score (nSPS) is 22.3. The molecule has 2 atom stereocenters. The summed E-state index contributed by atoms with van der Waals surface area (Å²) in [5.74, 6) is 1.41. The molecule has 0 bridgehead atoms. The molecule has 5 nitrogen and oxygen atoms in total. The molecule has 1 fully saturated rings. The number of hydrogen-bond donors (Lipinski definition) is 1. The number of aromatic nitrogens is 2. The lowest BCUT2D eigenvalue weighted by atomic mass is 10.0. The van der Waals surface area contributed by atoms with E-state index in [1.807, 2.05) is 19.2 Å². The number of nitrogens with zero attached hydrogens (tertiary/aromatic N) is 2. The van der Waals surface area contributed by atoms with E-state index in [2.05, 4.69) is 33.8 Å². The Balaban J connectivity index is 1.82. The number of likely N-dealkylation sites (N-methyl/N-ethyl adjacent to an activating group) is 1. The SMILES string of the molecule is CNC1COCC1c1nc(-c2ccc(SC)cc2)no1. The molecular weight excluding hydrogens is 274 g/mol. The van der Waals surface area contributed by atoms with Crippen LogP contribution in [0.4, 0.5) is 0 Å². The molecular formula is C14H17N3O2S. The van der Waals surface area contributed by atoms with E-state index in [1.165, 1.54) is 4.90 Å². The molecule has 6 heteroatoms. The Hall–Kier alpha value is -1.37. The Morgan fingerprint density at radius 2 is 2.05 bits per heavy atom. The van der Waals surface area contributed by atoms with Crippen LogP contribution >= 0.6 is 11.8 Å². The zero-order valence-electron chi connectivity index (χ0n) is 11.5. The molecule has 1 aromatic carbocycles. The van der Waals surface area contributed by atoms with Crippen LogP contribution in [-0.4, -0.2) is 42.7 Å². The maximum atomic E-state index is 5.47. The average Bonchev–Trinajstić information content (AvgIpc) is 3.15. The van der Waals surface area contributed by atoms with Crippen LogP contribution in [0.1, 0.15) is 11.8 Å². The topological polar surface area (TPSA) is 60.2 Å². The molecule has 1 aliphatic heterocycles. The molecule has 0 spiro atoms. The first-order chi connectivity index (χ1) is 9.81. The van der Waals surface area contributed by atoms with Gasteiger partial charge >= 0.3 is 0 Å². The van der Waals surface area contributed by atoms with Crippen molar-refractivity contribution in [1.29, 1.82) is 0 Å². The summed E-state index contributed by atoms with van der Waals surface area (Å²) in [4.78, 5) is 5.73. The van der Waals surface area contributed by atoms with E-state index >= 15 is 0 Å². The van der Waals surface area contributed by atoms with E-state index in [0.717, 1.165) is 5.56 Å². The van der Waals surface area contributed by atoms with Crippen molar-refractivity contribution in [2.24, 2.45) is 0 Å². The van der Waals surface area contributed by atoms with E-state index in [9.17, 15) is 0 Å². The molecule has 0 aliphatic carbocycles. The van der Waals surface area contributed by atoms with Gasteiger partial charge in [0.05, 0.1) is 19.1 Å². The molecule has 106 valence electrons. The van der Waals surface area contributed by atoms with Gasteiger partial charge in [-0.05, 0) is 37.6 Å². The van der Waals surface area contributed by atoms with Crippen LogP contribution in [0.5, 0.6) is 0 Å². The first kappa shape index (κ1) is 13.6. The van der Waals surface area contributed by atoms with Gasteiger partial charge in [0, 0.05) is 16.5 Å². The van der Waals surface area contributed by atoms with Gasteiger partial charge in [-0.3, -0.25) is 0 Å². The van der Waals surface area contributed by atoms with E-state index < -0.39 is 0 Å². The maximum absolute atomic E-state index is 5.47. The van der Waals surface area contributed by atoms with Crippen molar-refractivity contribution in [3.05, 3.63) is 30.2 Å². The Morgan fingerprint density at radius 1 is 1.25 bits per heavy atom. The number of nitrogens with one attached hydrogen (secondary N) is 1. The minimum atomic E-state index is 0.131. The fourth-order valence-corrected chi connectivity index (χ4v) is 2.73. The molecule has 1 saturated heterocycles. The van der Waals surface area contributed by atoms with Crippen molar-refractivity contribution >= 4 is 11.8 Å². The summed E-state index contributed by atoms with van der Waals surface area (Å²) in [7, 11) is 1.92. The van der Waals surface area contributed by atoms with Crippen LogP contribution in [0.3, 0.4) is 0 Å². The summed E-state index contributed by atoms with van der Waals surface area (Å²) in [6.45, 7) is 1.31. The fourth-order valence-electron chi connectivity index (χ4n) is 2.33. The maximum Gasteiger partial charge on any atom is 0.234 e. The lowest BCUT2D eigenvalue weighted by Gasteiger charge is -2.11. The minimum Gasteiger partial charge on any atom is -0.379 e. The largest absolute Gasteiger partial charge is 0.379 e. The third-order valence-corrected chi connectivity index (χ3v) is 4.30. The van der Waals surface area contributed by atoms with Crippen LogP contribution in [-0.2, 0) is 4.74 Å². The number of benzene rings is 1. The van der Waals surface area contributed by atoms with Crippen molar-refractivity contribution < 1.29 is 9.26 Å². The quantitative estimate of drug-likeness (QED) is 0.871. The van der Waals surface area contributed by atoms with Crippen LogP contribution < -0.4 is 5.32 Å². The molecule has 20 heavy (non-hydrogen) atoms. The van der Waals surface area contributed by atoms with Gasteiger partial charge in [-0.2, -0.15) is 4.98 Å². The van der Waals surface area contributed by atoms with Gasteiger partial charge in [0.1, 0.15) is 0 Å². The third-order valence-electron chi connectivity index (χ3n) is 3.56. The molecule has 3 rings (SSSR count). The summed E-state index contributed by atoms with van der Waals surface area (Å²) in [6.07, 6.45) is 2.06. The van der Waals surface area contributed by atoms with Crippen LogP contribution in [0, 0.1) is 0 Å². The molecule has 1 N–H and O–H groups in total. The van der Waals surface area contributed by atoms with Crippen molar-refractivity contribution in [3.8, 4) is 11.4 Å². The van der Waals surface area contributed by atoms with Gasteiger partial charge in [-0.25, -0.2) is 0 Å². The Kier molecular flexibility index (Phi) is 4.05. The predicted molar refractivity (Wildman–Crippen MR) is 77.9 cm³/mol. The lowest BCUT2D eigenvalue weighted by Crippen LogP contribution is -2.31. The molecule has 0 amide bonds. The average molecular weight is 291 g/mol. The van der Waals surface area contributed by atoms with Crippen molar-refractivity contribution in [2.75, 3.05) is 26.5 Å². The molecule has 0 saturated carbocycles. The minimum absolute atomic E-state index is 0.131. The Bertz CT molecular complexity index is 570. The number of thioether (sulfide) groups is 1. The summed E-state index contributed by atoms with van der Waals surface area (Å²) in [5, 5.41) is 7.30. The summed E-state index contributed by atoms with van der Waals surface area (Å²) in [6, 6.07) is 8.39.